The maximum atomic E-state index is 6.13. The van der Waals surface area contributed by atoms with Gasteiger partial charge in [0.25, 0.3) is 0 Å². The predicted molar refractivity (Wildman–Crippen MR) is 104 cm³/mol. The third-order valence-electron chi connectivity index (χ3n) is 4.80. The number of ether oxygens (including phenoxy) is 5. The first-order chi connectivity index (χ1) is 12.7. The van der Waals surface area contributed by atoms with E-state index in [0.29, 0.717) is 19.3 Å². The van der Waals surface area contributed by atoms with Crippen molar-refractivity contribution in [3.8, 4) is 0 Å². The van der Waals surface area contributed by atoms with Gasteiger partial charge in [-0.3, -0.25) is 0 Å². The standard InChI is InChI=1S/C21H40O5/c1-5-7-8-9-10-11-18(23-4)12-14-24-19-15-20(17-22-3)26-21(16-19)25-13-6-2/h6,13,18-21H,5,7-12,14-17H2,1-4H3/b13-6-. The summed E-state index contributed by atoms with van der Waals surface area (Å²) in [5.74, 6) is 0. The van der Waals surface area contributed by atoms with Crippen molar-refractivity contribution in [3.63, 3.8) is 0 Å². The highest BCUT2D eigenvalue weighted by Crippen LogP contribution is 2.24. The van der Waals surface area contributed by atoms with Crippen LogP contribution in [0.15, 0.2) is 12.3 Å². The lowest BCUT2D eigenvalue weighted by Gasteiger charge is -2.34. The Hall–Kier alpha value is -0.620. The van der Waals surface area contributed by atoms with Gasteiger partial charge < -0.3 is 23.7 Å². The van der Waals surface area contributed by atoms with Crippen LogP contribution in [-0.4, -0.2) is 52.0 Å². The molecule has 0 aromatic carbocycles. The molecule has 0 radical (unpaired) electrons. The molecule has 1 aliphatic rings. The van der Waals surface area contributed by atoms with Gasteiger partial charge in [0.15, 0.2) is 0 Å². The first kappa shape index (κ1) is 23.4. The summed E-state index contributed by atoms with van der Waals surface area (Å²) in [7, 11) is 3.50. The van der Waals surface area contributed by atoms with E-state index < -0.39 is 0 Å². The molecule has 4 unspecified atom stereocenters. The van der Waals surface area contributed by atoms with Crippen molar-refractivity contribution in [3.05, 3.63) is 12.3 Å². The van der Waals surface area contributed by atoms with Gasteiger partial charge in [0.1, 0.15) is 0 Å². The van der Waals surface area contributed by atoms with Crippen molar-refractivity contribution in [2.75, 3.05) is 27.4 Å². The largest absolute Gasteiger partial charge is 0.473 e. The van der Waals surface area contributed by atoms with E-state index in [1.54, 1.807) is 20.5 Å². The van der Waals surface area contributed by atoms with Gasteiger partial charge in [-0.1, -0.05) is 45.1 Å². The van der Waals surface area contributed by atoms with Crippen LogP contribution in [0.5, 0.6) is 0 Å². The molecule has 154 valence electrons. The molecule has 5 heteroatoms. The molecule has 0 bridgehead atoms. The molecule has 1 aliphatic heterocycles. The van der Waals surface area contributed by atoms with Crippen LogP contribution in [0.3, 0.4) is 0 Å². The Morgan fingerprint density at radius 3 is 2.58 bits per heavy atom. The normalized spacial score (nSPS) is 24.8. The molecule has 1 saturated heterocycles. The Labute approximate surface area is 160 Å². The summed E-state index contributed by atoms with van der Waals surface area (Å²) in [6.07, 6.45) is 13.9. The zero-order chi connectivity index (χ0) is 19.0. The molecule has 0 amide bonds. The Morgan fingerprint density at radius 2 is 1.88 bits per heavy atom. The molecule has 0 aromatic rings. The lowest BCUT2D eigenvalue weighted by molar-refractivity contribution is -0.210. The molecule has 1 heterocycles. The maximum absolute atomic E-state index is 6.13. The van der Waals surface area contributed by atoms with E-state index in [2.05, 4.69) is 6.92 Å². The van der Waals surface area contributed by atoms with E-state index in [1.165, 1.54) is 32.1 Å². The van der Waals surface area contributed by atoms with E-state index in [-0.39, 0.29) is 18.5 Å². The maximum Gasteiger partial charge on any atom is 0.201 e. The summed E-state index contributed by atoms with van der Waals surface area (Å²) in [5.41, 5.74) is 0. The fourth-order valence-corrected chi connectivity index (χ4v) is 3.33. The molecule has 0 aliphatic carbocycles. The minimum Gasteiger partial charge on any atom is -0.473 e. The molecular formula is C21H40O5. The number of hydrogen-bond donors (Lipinski definition) is 0. The Balaban J connectivity index is 2.28. The van der Waals surface area contributed by atoms with Crippen molar-refractivity contribution in [2.45, 2.75) is 96.2 Å². The highest BCUT2D eigenvalue weighted by molar-refractivity contribution is 4.77. The van der Waals surface area contributed by atoms with Crippen molar-refractivity contribution in [2.24, 2.45) is 0 Å². The topological polar surface area (TPSA) is 46.2 Å². The fourth-order valence-electron chi connectivity index (χ4n) is 3.33. The SMILES string of the molecule is C/C=C\OC1CC(OCCC(CCCCCCC)OC)CC(COC)O1. The number of allylic oxidation sites excluding steroid dienone is 1. The van der Waals surface area contributed by atoms with Gasteiger partial charge >= 0.3 is 0 Å². The minimum atomic E-state index is -0.262. The quantitative estimate of drug-likeness (QED) is 0.304. The molecule has 0 spiro atoms. The monoisotopic (exact) mass is 372 g/mol. The van der Waals surface area contributed by atoms with Gasteiger partial charge in [0.05, 0.1) is 31.2 Å². The predicted octanol–water partition coefficient (Wildman–Crippen LogP) is 4.84. The van der Waals surface area contributed by atoms with Crippen LogP contribution in [0.25, 0.3) is 0 Å². The summed E-state index contributed by atoms with van der Waals surface area (Å²) in [4.78, 5) is 0. The average Bonchev–Trinajstić information content (AvgIpc) is 2.65. The number of hydrogen-bond acceptors (Lipinski definition) is 5. The third kappa shape index (κ3) is 10.5. The fraction of sp³-hybridized carbons (Fsp3) is 0.905. The molecule has 1 rings (SSSR count). The second-order valence-electron chi connectivity index (χ2n) is 7.06. The van der Waals surface area contributed by atoms with Crippen molar-refractivity contribution < 1.29 is 23.7 Å². The molecule has 4 atom stereocenters. The van der Waals surface area contributed by atoms with Crippen molar-refractivity contribution in [1.29, 1.82) is 0 Å². The minimum absolute atomic E-state index is 0.0193. The smallest absolute Gasteiger partial charge is 0.201 e. The van der Waals surface area contributed by atoms with Crippen LogP contribution < -0.4 is 0 Å². The summed E-state index contributed by atoms with van der Waals surface area (Å²) in [6, 6.07) is 0. The second-order valence-corrected chi connectivity index (χ2v) is 7.06. The van der Waals surface area contributed by atoms with Gasteiger partial charge in [-0.05, 0) is 19.8 Å². The van der Waals surface area contributed by atoms with Gasteiger partial charge in [0.2, 0.25) is 6.29 Å². The molecule has 1 fully saturated rings. The molecule has 5 nitrogen and oxygen atoms in total. The van der Waals surface area contributed by atoms with E-state index in [0.717, 1.165) is 25.7 Å². The first-order valence-corrected chi connectivity index (χ1v) is 10.3. The van der Waals surface area contributed by atoms with E-state index in [9.17, 15) is 0 Å². The average molecular weight is 373 g/mol. The van der Waals surface area contributed by atoms with Crippen molar-refractivity contribution in [1.82, 2.24) is 0 Å². The van der Waals surface area contributed by atoms with E-state index in [4.69, 9.17) is 23.7 Å². The Morgan fingerprint density at radius 1 is 1.08 bits per heavy atom. The molecule has 0 aromatic heterocycles. The summed E-state index contributed by atoms with van der Waals surface area (Å²) < 4.78 is 28.5. The highest BCUT2D eigenvalue weighted by atomic mass is 16.7. The van der Waals surface area contributed by atoms with Gasteiger partial charge in [-0.2, -0.15) is 0 Å². The third-order valence-corrected chi connectivity index (χ3v) is 4.80. The molecule has 0 saturated carbocycles. The summed E-state index contributed by atoms with van der Waals surface area (Å²) in [5, 5.41) is 0. The van der Waals surface area contributed by atoms with Crippen LogP contribution in [0.4, 0.5) is 0 Å². The zero-order valence-corrected chi connectivity index (χ0v) is 17.3. The Kier molecular flexibility index (Phi) is 13.9. The molecule has 26 heavy (non-hydrogen) atoms. The molecular weight excluding hydrogens is 332 g/mol. The van der Waals surface area contributed by atoms with Crippen LogP contribution in [0.1, 0.15) is 71.6 Å². The van der Waals surface area contributed by atoms with Crippen LogP contribution in [-0.2, 0) is 23.7 Å². The van der Waals surface area contributed by atoms with Gasteiger partial charge in [0, 0.05) is 33.7 Å². The Bertz CT molecular complexity index is 347. The highest BCUT2D eigenvalue weighted by Gasteiger charge is 2.31. The van der Waals surface area contributed by atoms with E-state index >= 15 is 0 Å². The number of unbranched alkanes of at least 4 members (excludes halogenated alkanes) is 4. The first-order valence-electron chi connectivity index (χ1n) is 10.3. The van der Waals surface area contributed by atoms with Crippen LogP contribution >= 0.6 is 0 Å². The number of rotatable bonds is 15. The van der Waals surface area contributed by atoms with Gasteiger partial charge in [-0.25, -0.2) is 0 Å². The summed E-state index contributed by atoms with van der Waals surface area (Å²) >= 11 is 0. The number of methoxy groups -OCH3 is 2. The van der Waals surface area contributed by atoms with Crippen LogP contribution in [0, 0.1) is 0 Å². The molecule has 0 N–H and O–H groups in total. The lowest BCUT2D eigenvalue weighted by atomic mass is 10.0. The summed E-state index contributed by atoms with van der Waals surface area (Å²) in [6.45, 7) is 5.45. The van der Waals surface area contributed by atoms with Crippen molar-refractivity contribution >= 4 is 0 Å². The second kappa shape index (κ2) is 15.4. The van der Waals surface area contributed by atoms with E-state index in [1.807, 2.05) is 13.0 Å². The zero-order valence-electron chi connectivity index (χ0n) is 17.3. The van der Waals surface area contributed by atoms with Gasteiger partial charge in [-0.15, -0.1) is 0 Å². The lowest BCUT2D eigenvalue weighted by Crippen LogP contribution is -2.40. The van der Waals surface area contributed by atoms with Crippen LogP contribution in [0.2, 0.25) is 0 Å².